The summed E-state index contributed by atoms with van der Waals surface area (Å²) in [6.07, 6.45) is 2.25. The maximum absolute atomic E-state index is 13.7. The topological polar surface area (TPSA) is 38.5 Å². The average molecular weight is 294 g/mol. The highest BCUT2D eigenvalue weighted by atomic mass is 19.1. The van der Waals surface area contributed by atoms with Gasteiger partial charge in [-0.15, -0.1) is 0 Å². The van der Waals surface area contributed by atoms with Gasteiger partial charge in [0.2, 0.25) is 0 Å². The normalized spacial score (nSPS) is 18.7. The molecule has 0 bridgehead atoms. The van der Waals surface area contributed by atoms with Gasteiger partial charge in [0, 0.05) is 11.5 Å². The fraction of sp³-hybridized carbons (Fsp3) is 0.647. The highest BCUT2D eigenvalue weighted by molar-refractivity contribution is 5.37. The lowest BCUT2D eigenvalue weighted by atomic mass is 9.79. The zero-order valence-electron chi connectivity index (χ0n) is 13.1. The first kappa shape index (κ1) is 16.2. The Morgan fingerprint density at radius 3 is 2.62 bits per heavy atom. The first-order valence-electron chi connectivity index (χ1n) is 8.04. The predicted molar refractivity (Wildman–Crippen MR) is 84.2 cm³/mol. The Labute approximate surface area is 127 Å². The van der Waals surface area contributed by atoms with Crippen molar-refractivity contribution in [2.24, 2.45) is 11.7 Å². The van der Waals surface area contributed by atoms with Crippen molar-refractivity contribution in [3.05, 3.63) is 29.6 Å². The SMILES string of the molecule is CCOc1ccc(F)cc1C(CN)C1CCN(CC)CC1. The third kappa shape index (κ3) is 3.95. The number of benzene rings is 1. The minimum absolute atomic E-state index is 0.182. The molecule has 2 rings (SSSR count). The van der Waals surface area contributed by atoms with Crippen LogP contribution in [-0.2, 0) is 0 Å². The molecule has 1 aromatic rings. The number of hydrogen-bond acceptors (Lipinski definition) is 3. The molecule has 1 aliphatic rings. The van der Waals surface area contributed by atoms with Gasteiger partial charge in [-0.25, -0.2) is 4.39 Å². The molecule has 0 aliphatic carbocycles. The van der Waals surface area contributed by atoms with Crippen LogP contribution >= 0.6 is 0 Å². The second kappa shape index (κ2) is 7.76. The van der Waals surface area contributed by atoms with Crippen LogP contribution in [0.3, 0.4) is 0 Å². The van der Waals surface area contributed by atoms with E-state index in [1.807, 2.05) is 6.92 Å². The van der Waals surface area contributed by atoms with Crippen LogP contribution in [0.1, 0.15) is 38.2 Å². The van der Waals surface area contributed by atoms with E-state index in [0.29, 0.717) is 19.1 Å². The van der Waals surface area contributed by atoms with Crippen molar-refractivity contribution in [3.63, 3.8) is 0 Å². The van der Waals surface area contributed by atoms with Crippen molar-refractivity contribution in [1.29, 1.82) is 0 Å². The summed E-state index contributed by atoms with van der Waals surface area (Å²) in [6, 6.07) is 4.80. The average Bonchev–Trinajstić information content (AvgIpc) is 2.51. The Morgan fingerprint density at radius 1 is 1.33 bits per heavy atom. The minimum atomic E-state index is -0.210. The van der Waals surface area contributed by atoms with Gasteiger partial charge in [0.1, 0.15) is 11.6 Å². The molecule has 1 aliphatic heterocycles. The first-order chi connectivity index (χ1) is 10.2. The number of nitrogens with two attached hydrogens (primary N) is 1. The Hall–Kier alpha value is -1.13. The highest BCUT2D eigenvalue weighted by Gasteiger charge is 2.28. The van der Waals surface area contributed by atoms with Crippen molar-refractivity contribution < 1.29 is 9.13 Å². The molecule has 118 valence electrons. The summed E-state index contributed by atoms with van der Waals surface area (Å²) in [6.45, 7) is 8.59. The molecular weight excluding hydrogens is 267 g/mol. The number of likely N-dealkylation sites (tertiary alicyclic amines) is 1. The van der Waals surface area contributed by atoms with Crippen LogP contribution in [0, 0.1) is 11.7 Å². The third-order valence-corrected chi connectivity index (χ3v) is 4.57. The highest BCUT2D eigenvalue weighted by Crippen LogP contribution is 2.37. The lowest BCUT2D eigenvalue weighted by Gasteiger charge is -2.35. The zero-order valence-corrected chi connectivity index (χ0v) is 13.1. The number of halogens is 1. The van der Waals surface area contributed by atoms with Crippen LogP contribution in [0.4, 0.5) is 4.39 Å². The molecule has 1 saturated heterocycles. The van der Waals surface area contributed by atoms with E-state index in [1.54, 1.807) is 12.1 Å². The van der Waals surface area contributed by atoms with Gasteiger partial charge in [-0.3, -0.25) is 0 Å². The molecule has 2 N–H and O–H groups in total. The minimum Gasteiger partial charge on any atom is -0.494 e. The van der Waals surface area contributed by atoms with Gasteiger partial charge < -0.3 is 15.4 Å². The van der Waals surface area contributed by atoms with Crippen LogP contribution in [0.15, 0.2) is 18.2 Å². The molecule has 1 heterocycles. The molecule has 1 unspecified atom stereocenters. The Bertz CT molecular complexity index is 444. The van der Waals surface area contributed by atoms with Crippen molar-refractivity contribution >= 4 is 0 Å². The van der Waals surface area contributed by atoms with Gasteiger partial charge in [0.15, 0.2) is 0 Å². The second-order valence-electron chi connectivity index (χ2n) is 5.73. The summed E-state index contributed by atoms with van der Waals surface area (Å²) < 4.78 is 19.3. The molecule has 0 radical (unpaired) electrons. The molecule has 1 fully saturated rings. The summed E-state index contributed by atoms with van der Waals surface area (Å²) in [4.78, 5) is 2.46. The summed E-state index contributed by atoms with van der Waals surface area (Å²) in [7, 11) is 0. The molecular formula is C17H27FN2O. The summed E-state index contributed by atoms with van der Waals surface area (Å²) >= 11 is 0. The monoisotopic (exact) mass is 294 g/mol. The molecule has 3 nitrogen and oxygen atoms in total. The quantitative estimate of drug-likeness (QED) is 0.876. The van der Waals surface area contributed by atoms with Crippen LogP contribution < -0.4 is 10.5 Å². The van der Waals surface area contributed by atoms with E-state index in [0.717, 1.165) is 43.8 Å². The molecule has 0 spiro atoms. The summed E-state index contributed by atoms with van der Waals surface area (Å²) in [5, 5.41) is 0. The van der Waals surface area contributed by atoms with Crippen LogP contribution in [-0.4, -0.2) is 37.7 Å². The summed E-state index contributed by atoms with van der Waals surface area (Å²) in [5.41, 5.74) is 6.97. The van der Waals surface area contributed by atoms with E-state index in [9.17, 15) is 4.39 Å². The Kier molecular flexibility index (Phi) is 6.00. The molecule has 1 atom stereocenters. The van der Waals surface area contributed by atoms with Crippen molar-refractivity contribution in [2.45, 2.75) is 32.6 Å². The van der Waals surface area contributed by atoms with Gasteiger partial charge in [-0.2, -0.15) is 0 Å². The van der Waals surface area contributed by atoms with E-state index in [-0.39, 0.29) is 11.7 Å². The largest absolute Gasteiger partial charge is 0.494 e. The van der Waals surface area contributed by atoms with Gasteiger partial charge in [0.05, 0.1) is 6.61 Å². The zero-order chi connectivity index (χ0) is 15.2. The van der Waals surface area contributed by atoms with Crippen molar-refractivity contribution in [2.75, 3.05) is 32.8 Å². The summed E-state index contributed by atoms with van der Waals surface area (Å²) in [5.74, 6) is 1.27. The Morgan fingerprint density at radius 2 is 2.05 bits per heavy atom. The maximum atomic E-state index is 13.7. The number of nitrogens with zero attached hydrogens (tertiary/aromatic N) is 1. The molecule has 0 saturated carbocycles. The molecule has 21 heavy (non-hydrogen) atoms. The molecule has 1 aromatic carbocycles. The predicted octanol–water partition coefficient (Wildman–Crippen LogP) is 3.00. The smallest absolute Gasteiger partial charge is 0.123 e. The number of hydrogen-bond donors (Lipinski definition) is 1. The first-order valence-corrected chi connectivity index (χ1v) is 8.04. The van der Waals surface area contributed by atoms with Gasteiger partial charge >= 0.3 is 0 Å². The van der Waals surface area contributed by atoms with E-state index < -0.39 is 0 Å². The van der Waals surface area contributed by atoms with Crippen LogP contribution in [0.2, 0.25) is 0 Å². The van der Waals surface area contributed by atoms with Gasteiger partial charge in [0.25, 0.3) is 0 Å². The second-order valence-corrected chi connectivity index (χ2v) is 5.73. The number of ether oxygens (including phenoxy) is 1. The van der Waals surface area contributed by atoms with Crippen LogP contribution in [0.5, 0.6) is 5.75 Å². The Balaban J connectivity index is 2.19. The molecule has 4 heteroatoms. The molecule has 0 amide bonds. The lowest BCUT2D eigenvalue weighted by molar-refractivity contribution is 0.174. The standard InChI is InChI=1S/C17H27FN2O/c1-3-20-9-7-13(8-10-20)16(12-19)15-11-14(18)5-6-17(15)21-4-2/h5-6,11,13,16H,3-4,7-10,12,19H2,1-2H3. The van der Waals surface area contributed by atoms with E-state index in [2.05, 4.69) is 11.8 Å². The van der Waals surface area contributed by atoms with Crippen molar-refractivity contribution in [1.82, 2.24) is 4.90 Å². The van der Waals surface area contributed by atoms with E-state index >= 15 is 0 Å². The van der Waals surface area contributed by atoms with E-state index in [4.69, 9.17) is 10.5 Å². The number of rotatable bonds is 6. The lowest BCUT2D eigenvalue weighted by Crippen LogP contribution is -2.37. The van der Waals surface area contributed by atoms with Crippen LogP contribution in [0.25, 0.3) is 0 Å². The van der Waals surface area contributed by atoms with E-state index in [1.165, 1.54) is 6.07 Å². The third-order valence-electron chi connectivity index (χ3n) is 4.57. The van der Waals surface area contributed by atoms with Gasteiger partial charge in [-0.05, 0) is 70.1 Å². The maximum Gasteiger partial charge on any atom is 0.123 e. The van der Waals surface area contributed by atoms with Gasteiger partial charge in [-0.1, -0.05) is 6.92 Å². The number of piperidine rings is 1. The van der Waals surface area contributed by atoms with Crippen molar-refractivity contribution in [3.8, 4) is 5.75 Å². The molecule has 0 aromatic heterocycles. The fourth-order valence-electron chi connectivity index (χ4n) is 3.34. The fourth-order valence-corrected chi connectivity index (χ4v) is 3.34.